The lowest BCUT2D eigenvalue weighted by molar-refractivity contribution is -0.147. The van der Waals surface area contributed by atoms with Crippen LogP contribution in [-0.2, 0) is 4.79 Å². The molecule has 2 rings (SSSR count). The van der Waals surface area contributed by atoms with Gasteiger partial charge in [-0.1, -0.05) is 30.3 Å². The second-order valence-electron chi connectivity index (χ2n) is 4.67. The summed E-state index contributed by atoms with van der Waals surface area (Å²) in [4.78, 5) is 15.7. The number of likely N-dealkylation sites (N-methyl/N-ethyl adjacent to an activating group) is 1. The number of hydrogen-bond donors (Lipinski definition) is 1. The molecule has 1 aromatic rings. The van der Waals surface area contributed by atoms with Gasteiger partial charge >= 0.3 is 0 Å². The Morgan fingerprint density at radius 3 is 2.47 bits per heavy atom. The normalized spacial score (nSPS) is 18.0. The fourth-order valence-electron chi connectivity index (χ4n) is 1.91. The van der Waals surface area contributed by atoms with Crippen LogP contribution in [0.1, 0.15) is 11.7 Å². The largest absolute Gasteiger partial charge is 0.378 e. The number of amides is 1. The van der Waals surface area contributed by atoms with E-state index in [1.54, 1.807) is 17.0 Å². The van der Waals surface area contributed by atoms with E-state index in [9.17, 15) is 9.90 Å². The van der Waals surface area contributed by atoms with E-state index in [0.717, 1.165) is 0 Å². The minimum atomic E-state index is -1.03. The third kappa shape index (κ3) is 2.48. The highest BCUT2D eigenvalue weighted by atomic mass is 16.3. The van der Waals surface area contributed by atoms with Crippen molar-refractivity contribution >= 4 is 5.91 Å². The Balaban J connectivity index is 1.94. The van der Waals surface area contributed by atoms with E-state index in [1.165, 1.54) is 0 Å². The van der Waals surface area contributed by atoms with Crippen LogP contribution in [0.3, 0.4) is 0 Å². The van der Waals surface area contributed by atoms with Gasteiger partial charge in [-0.3, -0.25) is 4.79 Å². The van der Waals surface area contributed by atoms with Crippen molar-refractivity contribution in [2.75, 3.05) is 27.2 Å². The zero-order chi connectivity index (χ0) is 12.4. The molecule has 1 unspecified atom stereocenters. The first kappa shape index (κ1) is 12.1. The van der Waals surface area contributed by atoms with Crippen molar-refractivity contribution in [3.63, 3.8) is 0 Å². The second-order valence-corrected chi connectivity index (χ2v) is 4.67. The Kier molecular flexibility index (Phi) is 3.45. The molecular weight excluding hydrogens is 216 g/mol. The number of aliphatic hydroxyl groups is 1. The third-order valence-electron chi connectivity index (χ3n) is 3.25. The van der Waals surface area contributed by atoms with Gasteiger partial charge in [0.25, 0.3) is 5.91 Å². The molecular formula is C13H18N2O2. The van der Waals surface area contributed by atoms with Crippen molar-refractivity contribution in [3.8, 4) is 0 Å². The minimum absolute atomic E-state index is 0.200. The van der Waals surface area contributed by atoms with E-state index in [0.29, 0.717) is 24.7 Å². The van der Waals surface area contributed by atoms with E-state index in [4.69, 9.17) is 0 Å². The SMILES string of the molecule is CN(C)C1CN(C(=O)C(O)c2ccccc2)C1. The van der Waals surface area contributed by atoms with Crippen molar-refractivity contribution in [2.24, 2.45) is 0 Å². The molecule has 1 atom stereocenters. The Labute approximate surface area is 101 Å². The van der Waals surface area contributed by atoms with Gasteiger partial charge in [0, 0.05) is 19.1 Å². The molecule has 0 radical (unpaired) electrons. The van der Waals surface area contributed by atoms with Crippen LogP contribution in [0.15, 0.2) is 30.3 Å². The van der Waals surface area contributed by atoms with Crippen LogP contribution in [0.2, 0.25) is 0 Å². The van der Waals surface area contributed by atoms with Gasteiger partial charge in [-0.15, -0.1) is 0 Å². The van der Waals surface area contributed by atoms with Crippen molar-refractivity contribution in [1.82, 2.24) is 9.80 Å². The molecule has 1 aromatic carbocycles. The Hall–Kier alpha value is -1.39. The number of benzene rings is 1. The van der Waals surface area contributed by atoms with Crippen molar-refractivity contribution < 1.29 is 9.90 Å². The maximum absolute atomic E-state index is 12.0. The summed E-state index contributed by atoms with van der Waals surface area (Å²) in [5, 5.41) is 9.94. The van der Waals surface area contributed by atoms with Crippen LogP contribution in [0.4, 0.5) is 0 Å². The van der Waals surface area contributed by atoms with Crippen molar-refractivity contribution in [2.45, 2.75) is 12.1 Å². The molecule has 1 aliphatic heterocycles. The van der Waals surface area contributed by atoms with Crippen molar-refractivity contribution in [1.29, 1.82) is 0 Å². The van der Waals surface area contributed by atoms with Crippen LogP contribution < -0.4 is 0 Å². The summed E-state index contributed by atoms with van der Waals surface area (Å²) in [7, 11) is 4.00. The Morgan fingerprint density at radius 1 is 1.35 bits per heavy atom. The Morgan fingerprint density at radius 2 is 1.94 bits per heavy atom. The maximum Gasteiger partial charge on any atom is 0.256 e. The molecule has 1 aliphatic rings. The van der Waals surface area contributed by atoms with Gasteiger partial charge in [0.2, 0.25) is 0 Å². The molecule has 17 heavy (non-hydrogen) atoms. The maximum atomic E-state index is 12.0. The monoisotopic (exact) mass is 234 g/mol. The first-order valence-corrected chi connectivity index (χ1v) is 5.78. The molecule has 0 spiro atoms. The first-order chi connectivity index (χ1) is 8.09. The first-order valence-electron chi connectivity index (χ1n) is 5.78. The molecule has 1 N–H and O–H groups in total. The molecule has 0 saturated carbocycles. The highest BCUT2D eigenvalue weighted by molar-refractivity contribution is 5.82. The van der Waals surface area contributed by atoms with Crippen LogP contribution in [0.5, 0.6) is 0 Å². The van der Waals surface area contributed by atoms with E-state index >= 15 is 0 Å². The number of likely N-dealkylation sites (tertiary alicyclic amines) is 1. The van der Waals surface area contributed by atoms with E-state index < -0.39 is 6.10 Å². The lowest BCUT2D eigenvalue weighted by atomic mass is 10.0. The molecule has 0 bridgehead atoms. The highest BCUT2D eigenvalue weighted by Gasteiger charge is 2.35. The summed E-state index contributed by atoms with van der Waals surface area (Å²) in [6.45, 7) is 1.41. The number of carbonyl (C=O) groups excluding carboxylic acids is 1. The van der Waals surface area contributed by atoms with Crippen molar-refractivity contribution in [3.05, 3.63) is 35.9 Å². The van der Waals surface area contributed by atoms with Crippen LogP contribution >= 0.6 is 0 Å². The number of carbonyl (C=O) groups is 1. The van der Waals surface area contributed by atoms with E-state index in [2.05, 4.69) is 4.90 Å². The summed E-state index contributed by atoms with van der Waals surface area (Å²) >= 11 is 0. The molecule has 92 valence electrons. The Bertz CT molecular complexity index is 386. The summed E-state index contributed by atoms with van der Waals surface area (Å²) in [6.07, 6.45) is -1.03. The van der Waals surface area contributed by atoms with Gasteiger partial charge in [-0.05, 0) is 19.7 Å². The standard InChI is InChI=1S/C13H18N2O2/c1-14(2)11-8-15(9-11)13(17)12(16)10-6-4-3-5-7-10/h3-7,11-12,16H,8-9H2,1-2H3. The van der Waals surface area contributed by atoms with E-state index in [1.807, 2.05) is 32.3 Å². The predicted octanol–water partition coefficient (Wildman–Crippen LogP) is 0.492. The molecule has 0 aromatic heterocycles. The number of rotatable bonds is 3. The van der Waals surface area contributed by atoms with Gasteiger partial charge in [0.1, 0.15) is 0 Å². The molecule has 1 fully saturated rings. The molecule has 1 heterocycles. The molecule has 0 aliphatic carbocycles. The molecule has 4 heteroatoms. The fourth-order valence-corrected chi connectivity index (χ4v) is 1.91. The fraction of sp³-hybridized carbons (Fsp3) is 0.462. The zero-order valence-corrected chi connectivity index (χ0v) is 10.2. The number of nitrogens with zero attached hydrogens (tertiary/aromatic N) is 2. The lowest BCUT2D eigenvalue weighted by Gasteiger charge is -2.43. The molecule has 4 nitrogen and oxygen atoms in total. The van der Waals surface area contributed by atoms with Crippen LogP contribution in [0.25, 0.3) is 0 Å². The van der Waals surface area contributed by atoms with Gasteiger partial charge in [0.05, 0.1) is 0 Å². The number of aliphatic hydroxyl groups excluding tert-OH is 1. The summed E-state index contributed by atoms with van der Waals surface area (Å²) in [6, 6.07) is 9.47. The smallest absolute Gasteiger partial charge is 0.256 e. The van der Waals surface area contributed by atoms with E-state index in [-0.39, 0.29) is 5.91 Å². The van der Waals surface area contributed by atoms with Crippen LogP contribution in [0, 0.1) is 0 Å². The average molecular weight is 234 g/mol. The molecule has 1 amide bonds. The highest BCUT2D eigenvalue weighted by Crippen LogP contribution is 2.20. The summed E-state index contributed by atoms with van der Waals surface area (Å²) in [5.41, 5.74) is 0.658. The third-order valence-corrected chi connectivity index (χ3v) is 3.25. The minimum Gasteiger partial charge on any atom is -0.378 e. The summed E-state index contributed by atoms with van der Waals surface area (Å²) < 4.78 is 0. The van der Waals surface area contributed by atoms with Gasteiger partial charge in [-0.2, -0.15) is 0 Å². The topological polar surface area (TPSA) is 43.8 Å². The number of hydrogen-bond acceptors (Lipinski definition) is 3. The van der Waals surface area contributed by atoms with Crippen LogP contribution in [-0.4, -0.2) is 54.0 Å². The average Bonchev–Trinajstić information content (AvgIpc) is 2.26. The van der Waals surface area contributed by atoms with Gasteiger partial charge in [-0.25, -0.2) is 0 Å². The molecule has 1 saturated heterocycles. The summed E-state index contributed by atoms with van der Waals surface area (Å²) in [5.74, 6) is -0.200. The lowest BCUT2D eigenvalue weighted by Crippen LogP contribution is -2.60. The van der Waals surface area contributed by atoms with Gasteiger partial charge in [0.15, 0.2) is 6.10 Å². The quantitative estimate of drug-likeness (QED) is 0.828. The van der Waals surface area contributed by atoms with Gasteiger partial charge < -0.3 is 14.9 Å². The second kappa shape index (κ2) is 4.85. The zero-order valence-electron chi connectivity index (χ0n) is 10.2. The predicted molar refractivity (Wildman–Crippen MR) is 65.5 cm³/mol.